The Kier molecular flexibility index (Phi) is 6.97. The molecule has 1 aromatic carbocycles. The van der Waals surface area contributed by atoms with Crippen LogP contribution in [0.4, 0.5) is 0 Å². The number of hydrogen-bond acceptors (Lipinski definition) is 6. The second-order valence-corrected chi connectivity index (χ2v) is 8.38. The van der Waals surface area contributed by atoms with Crippen LogP contribution in [0.3, 0.4) is 0 Å². The minimum Gasteiger partial charge on any atom is -0.381 e. The summed E-state index contributed by atoms with van der Waals surface area (Å²) < 4.78 is 7.11. The first-order valence-corrected chi connectivity index (χ1v) is 10.4. The molecule has 2 heterocycles. The van der Waals surface area contributed by atoms with Crippen molar-refractivity contribution in [3.63, 3.8) is 0 Å². The molecule has 1 amide bonds. The van der Waals surface area contributed by atoms with E-state index in [1.807, 2.05) is 12.1 Å². The highest BCUT2D eigenvalue weighted by atomic mass is 35.5. The average molecular weight is 430 g/mol. The molecule has 1 aliphatic heterocycles. The van der Waals surface area contributed by atoms with Crippen LogP contribution in [-0.2, 0) is 22.0 Å². The van der Waals surface area contributed by atoms with Gasteiger partial charge in [0.1, 0.15) is 0 Å². The number of hydrogen-bond donors (Lipinski definition) is 1. The molecule has 1 aliphatic rings. The molecule has 0 spiro atoms. The molecule has 146 valence electrons. The van der Waals surface area contributed by atoms with Gasteiger partial charge < -0.3 is 10.1 Å². The second kappa shape index (κ2) is 9.23. The summed E-state index contributed by atoms with van der Waals surface area (Å²) in [6, 6.07) is 5.55. The number of ether oxygens (including phenoxy) is 1. The number of aromatic nitrogens is 4. The van der Waals surface area contributed by atoms with E-state index in [2.05, 4.69) is 20.8 Å². The van der Waals surface area contributed by atoms with Crippen molar-refractivity contribution in [3.05, 3.63) is 33.8 Å². The quantitative estimate of drug-likeness (QED) is 0.681. The molecule has 0 radical (unpaired) electrons. The lowest BCUT2D eigenvalue weighted by molar-refractivity contribution is -0.121. The van der Waals surface area contributed by atoms with Crippen molar-refractivity contribution in [1.29, 1.82) is 0 Å². The molecule has 27 heavy (non-hydrogen) atoms. The van der Waals surface area contributed by atoms with Crippen LogP contribution >= 0.6 is 35.0 Å². The van der Waals surface area contributed by atoms with Gasteiger partial charge in [0.05, 0.1) is 0 Å². The Hall–Kier alpha value is -1.35. The van der Waals surface area contributed by atoms with Crippen molar-refractivity contribution in [3.8, 4) is 0 Å². The molecule has 1 N–H and O–H groups in total. The van der Waals surface area contributed by atoms with Crippen LogP contribution in [0.5, 0.6) is 0 Å². The van der Waals surface area contributed by atoms with Crippen LogP contribution in [0.15, 0.2) is 23.4 Å². The molecular formula is C17H21Cl2N5O2S. The summed E-state index contributed by atoms with van der Waals surface area (Å²) in [5.41, 5.74) is 0.771. The highest BCUT2D eigenvalue weighted by molar-refractivity contribution is 7.99. The minimum absolute atomic E-state index is 0.00594. The van der Waals surface area contributed by atoms with Gasteiger partial charge in [-0.1, -0.05) is 41.0 Å². The van der Waals surface area contributed by atoms with Crippen molar-refractivity contribution in [2.24, 2.45) is 7.05 Å². The van der Waals surface area contributed by atoms with Gasteiger partial charge in [0.15, 0.2) is 0 Å². The van der Waals surface area contributed by atoms with E-state index in [4.69, 9.17) is 27.9 Å². The maximum Gasteiger partial charge on any atom is 0.220 e. The van der Waals surface area contributed by atoms with Crippen molar-refractivity contribution < 1.29 is 9.53 Å². The Labute approximate surface area is 172 Å². The van der Waals surface area contributed by atoms with Crippen molar-refractivity contribution >= 4 is 40.9 Å². The van der Waals surface area contributed by atoms with Crippen LogP contribution in [0.25, 0.3) is 0 Å². The molecule has 0 saturated carbocycles. The summed E-state index contributed by atoms with van der Waals surface area (Å²) in [5.74, 6) is 0.603. The number of thioether (sulfide) groups is 1. The Morgan fingerprint density at radius 1 is 1.37 bits per heavy atom. The standard InChI is InChI=1S/C17H21Cl2N5O2S/c1-24-16(21-22-23-24)27-9-4-15(25)20-11-17(5-7-26-8-6-17)13-3-2-12(18)10-14(13)19/h2-3,10H,4-9,11H2,1H3,(H,20,25). The van der Waals surface area contributed by atoms with Gasteiger partial charge in [-0.25, -0.2) is 4.68 Å². The predicted molar refractivity (Wildman–Crippen MR) is 105 cm³/mol. The van der Waals surface area contributed by atoms with Crippen molar-refractivity contribution in [2.75, 3.05) is 25.5 Å². The maximum atomic E-state index is 12.3. The fourth-order valence-electron chi connectivity index (χ4n) is 3.16. The fourth-order valence-corrected chi connectivity index (χ4v) is 4.55. The van der Waals surface area contributed by atoms with Gasteiger partial charge in [0, 0.05) is 54.4 Å². The lowest BCUT2D eigenvalue weighted by Crippen LogP contribution is -2.44. The van der Waals surface area contributed by atoms with Gasteiger partial charge in [-0.3, -0.25) is 4.79 Å². The highest BCUT2D eigenvalue weighted by Crippen LogP contribution is 2.39. The Morgan fingerprint density at radius 2 is 2.15 bits per heavy atom. The van der Waals surface area contributed by atoms with Gasteiger partial charge in [-0.15, -0.1) is 5.10 Å². The number of halogens is 2. The zero-order valence-electron chi connectivity index (χ0n) is 15.0. The molecule has 0 aliphatic carbocycles. The van der Waals surface area contributed by atoms with E-state index in [0.29, 0.717) is 47.1 Å². The van der Waals surface area contributed by atoms with E-state index in [1.165, 1.54) is 11.8 Å². The Balaban J connectivity index is 1.59. The smallest absolute Gasteiger partial charge is 0.220 e. The number of nitrogens with zero attached hydrogens (tertiary/aromatic N) is 4. The number of rotatable bonds is 7. The molecule has 1 aromatic heterocycles. The first-order valence-electron chi connectivity index (χ1n) is 8.65. The van der Waals surface area contributed by atoms with E-state index < -0.39 is 0 Å². The van der Waals surface area contributed by atoms with Gasteiger partial charge in [0.25, 0.3) is 0 Å². The third-order valence-electron chi connectivity index (χ3n) is 4.72. The summed E-state index contributed by atoms with van der Waals surface area (Å²) in [6.45, 7) is 1.81. The van der Waals surface area contributed by atoms with Crippen molar-refractivity contribution in [2.45, 2.75) is 29.8 Å². The number of benzene rings is 1. The highest BCUT2D eigenvalue weighted by Gasteiger charge is 2.36. The minimum atomic E-state index is -0.240. The van der Waals surface area contributed by atoms with Gasteiger partial charge >= 0.3 is 0 Å². The molecular weight excluding hydrogens is 409 g/mol. The van der Waals surface area contributed by atoms with Gasteiger partial charge in [-0.05, 0) is 41.0 Å². The number of carbonyl (C=O) groups is 1. The van der Waals surface area contributed by atoms with E-state index in [1.54, 1.807) is 17.8 Å². The van der Waals surface area contributed by atoms with Crippen LogP contribution < -0.4 is 5.32 Å². The summed E-state index contributed by atoms with van der Waals surface area (Å²) in [7, 11) is 1.77. The van der Waals surface area contributed by atoms with Crippen molar-refractivity contribution in [1.82, 2.24) is 25.5 Å². The van der Waals surface area contributed by atoms with E-state index >= 15 is 0 Å². The molecule has 10 heteroatoms. The summed E-state index contributed by atoms with van der Waals surface area (Å²) in [4.78, 5) is 12.3. The van der Waals surface area contributed by atoms with E-state index in [-0.39, 0.29) is 11.3 Å². The zero-order valence-corrected chi connectivity index (χ0v) is 17.3. The maximum absolute atomic E-state index is 12.3. The third-order valence-corrected chi connectivity index (χ3v) is 6.28. The molecule has 2 aromatic rings. The molecule has 0 bridgehead atoms. The number of nitrogens with one attached hydrogen (secondary N) is 1. The molecule has 7 nitrogen and oxygen atoms in total. The number of aryl methyl sites for hydroxylation is 1. The monoisotopic (exact) mass is 429 g/mol. The largest absolute Gasteiger partial charge is 0.381 e. The Morgan fingerprint density at radius 3 is 2.81 bits per heavy atom. The van der Waals surface area contributed by atoms with E-state index in [0.717, 1.165) is 18.4 Å². The Bertz CT molecular complexity index is 795. The predicted octanol–water partition coefficient (Wildman–Crippen LogP) is 2.86. The second-order valence-electron chi connectivity index (χ2n) is 6.48. The lowest BCUT2D eigenvalue weighted by atomic mass is 9.74. The van der Waals surface area contributed by atoms with Crippen LogP contribution in [0, 0.1) is 0 Å². The third kappa shape index (κ3) is 5.13. The average Bonchev–Trinajstić information content (AvgIpc) is 3.06. The zero-order chi connectivity index (χ0) is 19.3. The molecule has 3 rings (SSSR count). The molecule has 0 unspecified atom stereocenters. The summed E-state index contributed by atoms with van der Waals surface area (Å²) in [6.07, 6.45) is 1.99. The molecule has 1 saturated heterocycles. The normalized spacial score (nSPS) is 16.3. The SMILES string of the molecule is Cn1nnnc1SCCC(=O)NCC1(c2ccc(Cl)cc2Cl)CCOCC1. The molecule has 1 fully saturated rings. The number of tetrazole rings is 1. The number of carbonyl (C=O) groups excluding carboxylic acids is 1. The molecule has 0 atom stereocenters. The van der Waals surface area contributed by atoms with Crippen LogP contribution in [0.1, 0.15) is 24.8 Å². The first kappa shape index (κ1) is 20.4. The number of amides is 1. The van der Waals surface area contributed by atoms with Crippen LogP contribution in [-0.4, -0.2) is 51.6 Å². The van der Waals surface area contributed by atoms with E-state index in [9.17, 15) is 4.79 Å². The van der Waals surface area contributed by atoms with Crippen LogP contribution in [0.2, 0.25) is 10.0 Å². The summed E-state index contributed by atoms with van der Waals surface area (Å²) >= 11 is 14.0. The fraction of sp³-hybridized carbons (Fsp3) is 0.529. The lowest BCUT2D eigenvalue weighted by Gasteiger charge is -2.38. The van der Waals surface area contributed by atoms with Gasteiger partial charge in [0.2, 0.25) is 11.1 Å². The topological polar surface area (TPSA) is 81.9 Å². The van der Waals surface area contributed by atoms with Gasteiger partial charge in [-0.2, -0.15) is 0 Å². The first-order chi connectivity index (χ1) is 13.0. The summed E-state index contributed by atoms with van der Waals surface area (Å²) in [5, 5.41) is 16.2.